The van der Waals surface area contributed by atoms with E-state index in [0.29, 0.717) is 22.5 Å². The van der Waals surface area contributed by atoms with Crippen LogP contribution in [0.1, 0.15) is 29.3 Å². The quantitative estimate of drug-likeness (QED) is 0.127. The van der Waals surface area contributed by atoms with Crippen molar-refractivity contribution < 1.29 is 24.1 Å². The Morgan fingerprint density at radius 1 is 1.00 bits per heavy atom. The van der Waals surface area contributed by atoms with E-state index in [0.717, 1.165) is 16.7 Å². The van der Waals surface area contributed by atoms with Crippen LogP contribution in [-0.4, -0.2) is 83.2 Å². The molecule has 238 valence electrons. The van der Waals surface area contributed by atoms with Crippen molar-refractivity contribution in [2.24, 2.45) is 4.99 Å². The number of benzene rings is 3. The number of H-pyrrole nitrogens is 1. The maximum atomic E-state index is 12.7. The lowest BCUT2D eigenvalue weighted by atomic mass is 9.80. The van der Waals surface area contributed by atoms with Crippen LogP contribution >= 0.6 is 0 Å². The number of hydrogen-bond donors (Lipinski definition) is 2. The molecule has 6 rings (SSSR count). The molecular weight excluding hydrogens is 588 g/mol. The van der Waals surface area contributed by atoms with Crippen LogP contribution in [0.2, 0.25) is 0 Å². The average molecular weight is 625 g/mol. The zero-order valence-electron chi connectivity index (χ0n) is 26.0. The van der Waals surface area contributed by atoms with Gasteiger partial charge in [0.05, 0.1) is 39.5 Å². The molecule has 3 heterocycles. The maximum absolute atomic E-state index is 12.7. The summed E-state index contributed by atoms with van der Waals surface area (Å²) in [6, 6.07) is 25.4. The number of hydrogen-bond acceptors (Lipinski definition) is 9. The summed E-state index contributed by atoms with van der Waals surface area (Å²) < 4.78 is 25.7. The molecule has 1 aliphatic heterocycles. The summed E-state index contributed by atoms with van der Waals surface area (Å²) in [7, 11) is 6.88. The Labute approximate surface area is 265 Å². The van der Waals surface area contributed by atoms with Gasteiger partial charge >= 0.3 is 0 Å². The van der Waals surface area contributed by atoms with Crippen LogP contribution in [-0.2, 0) is 15.1 Å². The average Bonchev–Trinajstić information content (AvgIpc) is 3.68. The van der Waals surface area contributed by atoms with E-state index >= 15 is 0 Å². The molecule has 46 heavy (non-hydrogen) atoms. The van der Waals surface area contributed by atoms with E-state index in [9.17, 15) is 9.90 Å². The minimum Gasteiger partial charge on any atom is -0.497 e. The number of ether oxygens (including phenoxy) is 4. The molecule has 0 radical (unpaired) electrons. The Balaban J connectivity index is 1.35. The molecule has 2 aromatic heterocycles. The van der Waals surface area contributed by atoms with Crippen molar-refractivity contribution >= 4 is 23.3 Å². The number of methoxy groups -OCH3 is 2. The number of aromatic nitrogens is 4. The Hall–Kier alpha value is -5.04. The van der Waals surface area contributed by atoms with E-state index in [1.807, 2.05) is 93.0 Å². The van der Waals surface area contributed by atoms with Crippen LogP contribution in [0.15, 0.2) is 94.8 Å². The molecule has 0 saturated carbocycles. The zero-order valence-corrected chi connectivity index (χ0v) is 26.0. The smallest absolute Gasteiger partial charge is 0.263 e. The van der Waals surface area contributed by atoms with E-state index in [4.69, 9.17) is 18.9 Å². The van der Waals surface area contributed by atoms with Crippen molar-refractivity contribution in [2.75, 3.05) is 34.9 Å². The molecule has 12 heteroatoms. The molecule has 0 aliphatic carbocycles. The molecule has 0 bridgehead atoms. The molecule has 1 saturated heterocycles. The van der Waals surface area contributed by atoms with Crippen LogP contribution in [0.3, 0.4) is 0 Å². The lowest BCUT2D eigenvalue weighted by molar-refractivity contribution is -0.0949. The number of aromatic amines is 1. The number of nitrogens with one attached hydrogen (secondary N) is 1. The maximum Gasteiger partial charge on any atom is 0.263 e. The van der Waals surface area contributed by atoms with Gasteiger partial charge in [-0.2, -0.15) is 10.1 Å². The molecule has 3 aromatic carbocycles. The predicted molar refractivity (Wildman–Crippen MR) is 173 cm³/mol. The van der Waals surface area contributed by atoms with E-state index in [-0.39, 0.29) is 24.5 Å². The molecular formula is C34H36N6O6. The summed E-state index contributed by atoms with van der Waals surface area (Å²) in [6.07, 6.45) is 0.926. The van der Waals surface area contributed by atoms with Crippen LogP contribution in [0, 0.1) is 0 Å². The molecule has 12 nitrogen and oxygen atoms in total. The highest BCUT2D eigenvalue weighted by Gasteiger charge is 2.42. The lowest BCUT2D eigenvalue weighted by Crippen LogP contribution is -2.38. The van der Waals surface area contributed by atoms with Gasteiger partial charge in [0.25, 0.3) is 5.56 Å². The highest BCUT2D eigenvalue weighted by atomic mass is 16.6. The number of aliphatic hydroxyl groups excluding tert-OH is 1. The second-order valence-corrected chi connectivity index (χ2v) is 11.2. The molecule has 0 spiro atoms. The number of aliphatic imine (C=N–C) groups is 1. The highest BCUT2D eigenvalue weighted by Crippen LogP contribution is 2.43. The van der Waals surface area contributed by atoms with Crippen LogP contribution in [0.4, 0.5) is 5.95 Å². The number of fused-ring (bicyclic) bond motifs is 1. The van der Waals surface area contributed by atoms with Gasteiger partial charge in [0.2, 0.25) is 5.95 Å². The molecule has 1 fully saturated rings. The van der Waals surface area contributed by atoms with Gasteiger partial charge in [0.1, 0.15) is 28.6 Å². The summed E-state index contributed by atoms with van der Waals surface area (Å²) in [5, 5.41) is 15.9. The normalized spacial score (nSPS) is 18.3. The lowest BCUT2D eigenvalue weighted by Gasteiger charge is -2.37. The first-order valence-electron chi connectivity index (χ1n) is 14.8. The number of aliphatic hydroxyl groups is 1. The van der Waals surface area contributed by atoms with Crippen molar-refractivity contribution in [2.45, 2.75) is 30.5 Å². The minimum atomic E-state index is -1.08. The summed E-state index contributed by atoms with van der Waals surface area (Å²) in [4.78, 5) is 25.9. The summed E-state index contributed by atoms with van der Waals surface area (Å²) in [5.41, 5.74) is 1.48. The topological polar surface area (TPSA) is 136 Å². The van der Waals surface area contributed by atoms with Gasteiger partial charge in [0, 0.05) is 20.5 Å². The third kappa shape index (κ3) is 5.97. The Morgan fingerprint density at radius 2 is 1.61 bits per heavy atom. The van der Waals surface area contributed by atoms with Gasteiger partial charge in [-0.15, -0.1) is 0 Å². The molecule has 0 amide bonds. The second kappa shape index (κ2) is 13.1. The van der Waals surface area contributed by atoms with E-state index in [1.165, 1.54) is 10.9 Å². The third-order valence-corrected chi connectivity index (χ3v) is 7.98. The Bertz CT molecular complexity index is 1810. The summed E-state index contributed by atoms with van der Waals surface area (Å²) >= 11 is 0. The Kier molecular flexibility index (Phi) is 8.84. The first kappa shape index (κ1) is 31.0. The molecule has 1 unspecified atom stereocenters. The summed E-state index contributed by atoms with van der Waals surface area (Å²) in [5.74, 6) is 1.57. The SMILES string of the molecule is COc1ccc(C(OC[C@H]2O[C@@H](n3ncc4c(=O)[nH]c(/N=C/N(C)C)nc43)CC2O)(c2ccccc2)c2ccc(OC)cc2)cc1. The molecule has 2 N–H and O–H groups in total. The van der Waals surface area contributed by atoms with Crippen molar-refractivity contribution in [3.8, 4) is 11.5 Å². The van der Waals surface area contributed by atoms with Crippen LogP contribution < -0.4 is 15.0 Å². The molecule has 5 aromatic rings. The minimum absolute atomic E-state index is 0.0379. The monoisotopic (exact) mass is 624 g/mol. The third-order valence-electron chi connectivity index (χ3n) is 7.98. The van der Waals surface area contributed by atoms with Crippen molar-refractivity contribution in [3.05, 3.63) is 112 Å². The predicted octanol–water partition coefficient (Wildman–Crippen LogP) is 4.02. The zero-order chi connectivity index (χ0) is 32.3. The fraction of sp³-hybridized carbons (Fsp3) is 0.294. The van der Waals surface area contributed by atoms with E-state index in [2.05, 4.69) is 20.1 Å². The van der Waals surface area contributed by atoms with Crippen molar-refractivity contribution in [1.29, 1.82) is 0 Å². The highest BCUT2D eigenvalue weighted by molar-refractivity contribution is 5.74. The van der Waals surface area contributed by atoms with Crippen molar-refractivity contribution in [1.82, 2.24) is 24.6 Å². The van der Waals surface area contributed by atoms with E-state index in [1.54, 1.807) is 25.5 Å². The number of rotatable bonds is 11. The van der Waals surface area contributed by atoms with Gasteiger partial charge in [0.15, 0.2) is 11.9 Å². The standard InChI is InChI=1S/C34H36N6O6/c1-39(2)21-35-33-37-31-27(32(42)38-33)19-36-40(31)30-18-28(41)29(46-30)20-45-34(22-8-6-5-7-9-22,23-10-14-25(43-3)15-11-23)24-12-16-26(44-4)17-13-24/h5-17,19,21,28-30,41H,18,20H2,1-4H3,(H,37,38,42)/b35-21+/t28?,29-,30-/m1/s1. The fourth-order valence-corrected chi connectivity index (χ4v) is 5.66. The second-order valence-electron chi connectivity index (χ2n) is 11.2. The van der Waals surface area contributed by atoms with Crippen LogP contribution in [0.25, 0.3) is 11.0 Å². The first-order chi connectivity index (χ1) is 22.3. The van der Waals surface area contributed by atoms with Gasteiger partial charge < -0.3 is 29.0 Å². The van der Waals surface area contributed by atoms with Crippen molar-refractivity contribution in [3.63, 3.8) is 0 Å². The number of nitrogens with zero attached hydrogens (tertiary/aromatic N) is 5. The molecule has 3 atom stereocenters. The van der Waals surface area contributed by atoms with E-state index < -0.39 is 24.0 Å². The van der Waals surface area contributed by atoms with Gasteiger partial charge in [-0.25, -0.2) is 9.67 Å². The molecule has 1 aliphatic rings. The fourth-order valence-electron chi connectivity index (χ4n) is 5.66. The van der Waals surface area contributed by atoms with Gasteiger partial charge in [-0.3, -0.25) is 9.78 Å². The van der Waals surface area contributed by atoms with Crippen LogP contribution in [0.5, 0.6) is 11.5 Å². The Morgan fingerprint density at radius 3 is 2.20 bits per heavy atom. The largest absolute Gasteiger partial charge is 0.497 e. The van der Waals surface area contributed by atoms with Gasteiger partial charge in [-0.05, 0) is 41.0 Å². The first-order valence-corrected chi connectivity index (χ1v) is 14.8. The van der Waals surface area contributed by atoms with Gasteiger partial charge in [-0.1, -0.05) is 54.6 Å². The summed E-state index contributed by atoms with van der Waals surface area (Å²) in [6.45, 7) is 0.0379.